The number of rotatable bonds is 3. The highest BCUT2D eigenvalue weighted by Crippen LogP contribution is 2.38. The zero-order chi connectivity index (χ0) is 15.7. The van der Waals surface area contributed by atoms with Gasteiger partial charge < -0.3 is 9.97 Å². The molecule has 2 aromatic heterocycles. The number of hydrogen-bond donors (Lipinski definition) is 2. The summed E-state index contributed by atoms with van der Waals surface area (Å²) in [7, 11) is 0. The molecule has 2 nitrogen and oxygen atoms in total. The third-order valence-corrected chi connectivity index (χ3v) is 3.81. The van der Waals surface area contributed by atoms with E-state index in [4.69, 9.17) is 11.6 Å². The van der Waals surface area contributed by atoms with E-state index in [9.17, 15) is 13.2 Å². The fourth-order valence-corrected chi connectivity index (χ4v) is 2.81. The fraction of sp³-hybridized carbons (Fsp3) is 0.125. The smallest absolute Gasteiger partial charge is 0.364 e. The molecule has 0 aliphatic heterocycles. The predicted molar refractivity (Wildman–Crippen MR) is 79.0 cm³/mol. The van der Waals surface area contributed by atoms with E-state index in [1.807, 2.05) is 24.3 Å². The Kier molecular flexibility index (Phi) is 3.74. The number of hydrogen-bond acceptors (Lipinski definition) is 0. The van der Waals surface area contributed by atoms with Crippen LogP contribution in [0.15, 0.2) is 54.9 Å². The molecule has 3 aromatic rings. The first-order chi connectivity index (χ1) is 10.5. The molecule has 0 saturated carbocycles. The number of nitrogens with one attached hydrogen (secondary N) is 2. The molecule has 2 N–H and O–H groups in total. The maximum absolute atomic E-state index is 12.8. The van der Waals surface area contributed by atoms with Gasteiger partial charge in [-0.25, -0.2) is 0 Å². The summed E-state index contributed by atoms with van der Waals surface area (Å²) in [5.41, 5.74) is 1.61. The van der Waals surface area contributed by atoms with Crippen molar-refractivity contribution in [2.45, 2.75) is 12.1 Å². The number of benzene rings is 1. The fourth-order valence-electron chi connectivity index (χ4n) is 2.52. The van der Waals surface area contributed by atoms with Crippen LogP contribution in [0.5, 0.6) is 0 Å². The second-order valence-corrected chi connectivity index (χ2v) is 5.33. The van der Waals surface area contributed by atoms with Gasteiger partial charge in [-0.05, 0) is 42.0 Å². The standard InChI is InChI=1S/C16H12ClF3N2/c17-12-9-10(5-6-11(12)16(18,19)20)15(13-3-1-7-21-13)14-4-2-8-22-14/h1-9,15,21-22H. The molecular formula is C16H12ClF3N2. The molecule has 2 heterocycles. The van der Waals surface area contributed by atoms with Crippen molar-refractivity contribution in [2.24, 2.45) is 0 Å². The zero-order valence-electron chi connectivity index (χ0n) is 11.3. The minimum Gasteiger partial charge on any atom is -0.364 e. The molecule has 114 valence electrons. The van der Waals surface area contributed by atoms with E-state index in [0.717, 1.165) is 17.5 Å². The van der Waals surface area contributed by atoms with Crippen LogP contribution in [0.4, 0.5) is 13.2 Å². The Labute approximate surface area is 129 Å². The third-order valence-electron chi connectivity index (χ3n) is 3.50. The molecule has 0 spiro atoms. The van der Waals surface area contributed by atoms with E-state index in [1.54, 1.807) is 12.4 Å². The van der Waals surface area contributed by atoms with Crippen LogP contribution in [0.25, 0.3) is 0 Å². The van der Waals surface area contributed by atoms with Crippen LogP contribution in [0.2, 0.25) is 5.02 Å². The number of aromatic amines is 2. The van der Waals surface area contributed by atoms with Crippen LogP contribution in [0.1, 0.15) is 28.4 Å². The van der Waals surface area contributed by atoms with Crippen LogP contribution in [-0.2, 0) is 6.18 Å². The summed E-state index contributed by atoms with van der Waals surface area (Å²) < 4.78 is 38.5. The van der Waals surface area contributed by atoms with Crippen molar-refractivity contribution in [1.82, 2.24) is 9.97 Å². The highest BCUT2D eigenvalue weighted by molar-refractivity contribution is 6.31. The molecule has 0 radical (unpaired) electrons. The van der Waals surface area contributed by atoms with E-state index in [1.165, 1.54) is 12.1 Å². The molecule has 0 amide bonds. The minimum absolute atomic E-state index is 0.232. The van der Waals surface area contributed by atoms with Gasteiger partial charge in [0.05, 0.1) is 16.5 Å². The van der Waals surface area contributed by atoms with Crippen LogP contribution >= 0.6 is 11.6 Å². The summed E-state index contributed by atoms with van der Waals surface area (Å²) in [5, 5.41) is -0.298. The second kappa shape index (κ2) is 5.57. The van der Waals surface area contributed by atoms with Crippen molar-refractivity contribution < 1.29 is 13.2 Å². The molecule has 1 aromatic carbocycles. The van der Waals surface area contributed by atoms with Crippen molar-refractivity contribution in [3.05, 3.63) is 82.4 Å². The monoisotopic (exact) mass is 324 g/mol. The Balaban J connectivity index is 2.08. The quantitative estimate of drug-likeness (QED) is 0.664. The molecule has 6 heteroatoms. The first-order valence-electron chi connectivity index (χ1n) is 6.60. The van der Waals surface area contributed by atoms with Gasteiger partial charge in [-0.3, -0.25) is 0 Å². The third kappa shape index (κ3) is 2.76. The minimum atomic E-state index is -4.45. The van der Waals surface area contributed by atoms with Gasteiger partial charge in [0.25, 0.3) is 0 Å². The van der Waals surface area contributed by atoms with Crippen molar-refractivity contribution in [3.63, 3.8) is 0 Å². The summed E-state index contributed by atoms with van der Waals surface area (Å²) in [4.78, 5) is 6.21. The van der Waals surface area contributed by atoms with Gasteiger partial charge in [0.15, 0.2) is 0 Å². The summed E-state index contributed by atoms with van der Waals surface area (Å²) in [6.45, 7) is 0. The first-order valence-corrected chi connectivity index (χ1v) is 6.98. The summed E-state index contributed by atoms with van der Waals surface area (Å²) in [5.74, 6) is -0.232. The van der Waals surface area contributed by atoms with Crippen molar-refractivity contribution in [3.8, 4) is 0 Å². The Bertz CT molecular complexity index is 712. The van der Waals surface area contributed by atoms with Crippen LogP contribution < -0.4 is 0 Å². The maximum Gasteiger partial charge on any atom is 0.417 e. The molecule has 0 aliphatic rings. The first kappa shape index (κ1) is 14.8. The van der Waals surface area contributed by atoms with E-state index >= 15 is 0 Å². The zero-order valence-corrected chi connectivity index (χ0v) is 12.0. The molecule has 22 heavy (non-hydrogen) atoms. The molecule has 0 atom stereocenters. The Morgan fingerprint density at radius 1 is 0.909 bits per heavy atom. The predicted octanol–water partition coefficient (Wildman–Crippen LogP) is 5.20. The van der Waals surface area contributed by atoms with Gasteiger partial charge in [-0.1, -0.05) is 17.7 Å². The molecule has 0 aliphatic carbocycles. The molecule has 0 bridgehead atoms. The highest BCUT2D eigenvalue weighted by Gasteiger charge is 2.33. The summed E-state index contributed by atoms with van der Waals surface area (Å²) in [6, 6.07) is 11.3. The number of alkyl halides is 3. The molecular weight excluding hydrogens is 313 g/mol. The average molecular weight is 325 g/mol. The topological polar surface area (TPSA) is 31.6 Å². The van der Waals surface area contributed by atoms with Crippen molar-refractivity contribution >= 4 is 11.6 Å². The summed E-state index contributed by atoms with van der Waals surface area (Å²) >= 11 is 5.84. The molecule has 0 saturated heterocycles. The van der Waals surface area contributed by atoms with E-state index < -0.39 is 11.7 Å². The maximum atomic E-state index is 12.8. The Morgan fingerprint density at radius 3 is 1.91 bits per heavy atom. The lowest BCUT2D eigenvalue weighted by Crippen LogP contribution is -2.08. The van der Waals surface area contributed by atoms with Crippen LogP contribution in [0, 0.1) is 0 Å². The Hall–Kier alpha value is -2.14. The average Bonchev–Trinajstić information content (AvgIpc) is 3.11. The second-order valence-electron chi connectivity index (χ2n) is 4.92. The van der Waals surface area contributed by atoms with Gasteiger partial charge in [-0.2, -0.15) is 13.2 Å². The van der Waals surface area contributed by atoms with Gasteiger partial charge in [-0.15, -0.1) is 0 Å². The largest absolute Gasteiger partial charge is 0.417 e. The normalized spacial score (nSPS) is 12.0. The lowest BCUT2D eigenvalue weighted by atomic mass is 9.92. The van der Waals surface area contributed by atoms with Crippen molar-refractivity contribution in [1.29, 1.82) is 0 Å². The number of H-pyrrole nitrogens is 2. The molecule has 3 rings (SSSR count). The Morgan fingerprint density at radius 2 is 1.50 bits per heavy atom. The van der Waals surface area contributed by atoms with Gasteiger partial charge in [0, 0.05) is 23.8 Å². The van der Waals surface area contributed by atoms with Crippen LogP contribution in [-0.4, -0.2) is 9.97 Å². The van der Waals surface area contributed by atoms with Gasteiger partial charge in [0.2, 0.25) is 0 Å². The molecule has 0 fully saturated rings. The lowest BCUT2D eigenvalue weighted by molar-refractivity contribution is -0.137. The number of aromatic nitrogens is 2. The summed E-state index contributed by atoms with van der Waals surface area (Å²) in [6.07, 6.45) is -0.905. The van der Waals surface area contributed by atoms with E-state index in [2.05, 4.69) is 9.97 Å². The van der Waals surface area contributed by atoms with E-state index in [0.29, 0.717) is 5.56 Å². The van der Waals surface area contributed by atoms with Crippen molar-refractivity contribution in [2.75, 3.05) is 0 Å². The van der Waals surface area contributed by atoms with Crippen LogP contribution in [0.3, 0.4) is 0 Å². The SMILES string of the molecule is FC(F)(F)c1ccc(C(c2ccc[nH]2)c2ccc[nH]2)cc1Cl. The van der Waals surface area contributed by atoms with Gasteiger partial charge >= 0.3 is 6.18 Å². The van der Waals surface area contributed by atoms with E-state index in [-0.39, 0.29) is 10.9 Å². The highest BCUT2D eigenvalue weighted by atomic mass is 35.5. The van der Waals surface area contributed by atoms with Gasteiger partial charge in [0.1, 0.15) is 0 Å². The lowest BCUT2D eigenvalue weighted by Gasteiger charge is -2.17. The number of halogens is 4. The molecule has 0 unspecified atom stereocenters.